The van der Waals surface area contributed by atoms with Crippen LogP contribution < -0.4 is 4.72 Å². The van der Waals surface area contributed by atoms with E-state index in [1.165, 1.54) is 0 Å². The highest BCUT2D eigenvalue weighted by Crippen LogP contribution is 2.37. The molecule has 1 aromatic rings. The van der Waals surface area contributed by atoms with E-state index >= 15 is 0 Å². The Hall–Kier alpha value is -0.580. The summed E-state index contributed by atoms with van der Waals surface area (Å²) in [6, 6.07) is 7.00. The van der Waals surface area contributed by atoms with E-state index in [0.717, 1.165) is 31.2 Å². The minimum absolute atomic E-state index is 0.0232. The summed E-state index contributed by atoms with van der Waals surface area (Å²) in [5, 5.41) is 0. The van der Waals surface area contributed by atoms with E-state index in [4.69, 9.17) is 11.6 Å². The van der Waals surface area contributed by atoms with Gasteiger partial charge in [-0.15, -0.1) is 11.6 Å². The zero-order chi connectivity index (χ0) is 14.8. The van der Waals surface area contributed by atoms with Gasteiger partial charge in [0, 0.05) is 11.9 Å². The molecule has 0 bridgehead atoms. The van der Waals surface area contributed by atoms with Gasteiger partial charge in [-0.1, -0.05) is 32.4 Å². The second kappa shape index (κ2) is 6.04. The van der Waals surface area contributed by atoms with Gasteiger partial charge in [-0.3, -0.25) is 0 Å². The Bertz CT molecular complexity index is 552. The standard InChI is InChI=1S/C15H22ClNO2S/c1-15(2)10-3-4-14(15)17-20(18,19)13-7-5-12(6-8-13)9-11-16/h5-8,14,17H,3-4,9-11H2,1-2H3. The van der Waals surface area contributed by atoms with Crippen molar-refractivity contribution in [1.29, 1.82) is 0 Å². The van der Waals surface area contributed by atoms with Crippen LogP contribution in [0, 0.1) is 5.41 Å². The van der Waals surface area contributed by atoms with E-state index in [2.05, 4.69) is 18.6 Å². The Balaban J connectivity index is 2.14. The molecule has 20 heavy (non-hydrogen) atoms. The Morgan fingerprint density at radius 1 is 1.30 bits per heavy atom. The van der Waals surface area contributed by atoms with Crippen molar-refractivity contribution in [2.24, 2.45) is 5.41 Å². The van der Waals surface area contributed by atoms with Gasteiger partial charge in [0.2, 0.25) is 10.0 Å². The predicted octanol–water partition coefficient (Wildman–Crippen LogP) is 3.32. The monoisotopic (exact) mass is 315 g/mol. The van der Waals surface area contributed by atoms with Gasteiger partial charge in [0.1, 0.15) is 0 Å². The first-order valence-corrected chi connectivity index (χ1v) is 9.04. The molecule has 0 radical (unpaired) electrons. The highest BCUT2D eigenvalue weighted by molar-refractivity contribution is 7.89. The van der Waals surface area contributed by atoms with Crippen LogP contribution in [0.5, 0.6) is 0 Å². The highest BCUT2D eigenvalue weighted by Gasteiger charge is 2.37. The fourth-order valence-corrected chi connectivity index (χ4v) is 4.41. The summed E-state index contributed by atoms with van der Waals surface area (Å²) in [5.41, 5.74) is 1.09. The largest absolute Gasteiger partial charge is 0.240 e. The van der Waals surface area contributed by atoms with Crippen LogP contribution in [0.25, 0.3) is 0 Å². The van der Waals surface area contributed by atoms with Crippen LogP contribution in [0.3, 0.4) is 0 Å². The van der Waals surface area contributed by atoms with Crippen molar-refractivity contribution < 1.29 is 8.42 Å². The number of alkyl halides is 1. The quantitative estimate of drug-likeness (QED) is 0.847. The van der Waals surface area contributed by atoms with E-state index in [9.17, 15) is 8.42 Å². The van der Waals surface area contributed by atoms with Gasteiger partial charge in [0.05, 0.1) is 4.90 Å². The van der Waals surface area contributed by atoms with Crippen LogP contribution in [0.1, 0.15) is 38.7 Å². The third-order valence-electron chi connectivity index (χ3n) is 4.17. The van der Waals surface area contributed by atoms with Crippen molar-refractivity contribution >= 4 is 21.6 Å². The molecule has 1 saturated carbocycles. The Morgan fingerprint density at radius 3 is 2.45 bits per heavy atom. The summed E-state index contributed by atoms with van der Waals surface area (Å²) in [4.78, 5) is 0.332. The van der Waals surface area contributed by atoms with Crippen molar-refractivity contribution in [3.8, 4) is 0 Å². The SMILES string of the molecule is CC1(C)CCCC1NS(=O)(=O)c1ccc(CCCl)cc1. The summed E-state index contributed by atoms with van der Waals surface area (Å²) >= 11 is 5.68. The number of nitrogens with one attached hydrogen (secondary N) is 1. The summed E-state index contributed by atoms with van der Waals surface area (Å²) in [7, 11) is -3.43. The van der Waals surface area contributed by atoms with Crippen LogP contribution in [0.2, 0.25) is 0 Å². The predicted molar refractivity (Wildman–Crippen MR) is 82.6 cm³/mol. The number of sulfonamides is 1. The van der Waals surface area contributed by atoms with Crippen LogP contribution in [0.15, 0.2) is 29.2 Å². The van der Waals surface area contributed by atoms with Gasteiger partial charge < -0.3 is 0 Å². The number of hydrogen-bond acceptors (Lipinski definition) is 2. The number of benzene rings is 1. The fourth-order valence-electron chi connectivity index (χ4n) is 2.74. The van der Waals surface area contributed by atoms with E-state index in [-0.39, 0.29) is 11.5 Å². The highest BCUT2D eigenvalue weighted by atomic mass is 35.5. The molecule has 0 aliphatic heterocycles. The fraction of sp³-hybridized carbons (Fsp3) is 0.600. The van der Waals surface area contributed by atoms with Crippen molar-refractivity contribution in [2.45, 2.75) is 50.5 Å². The first-order chi connectivity index (χ1) is 9.35. The zero-order valence-corrected chi connectivity index (χ0v) is 13.6. The molecule has 1 aromatic carbocycles. The number of rotatable bonds is 5. The summed E-state index contributed by atoms with van der Waals surface area (Å²) < 4.78 is 27.7. The smallest absolute Gasteiger partial charge is 0.208 e. The summed E-state index contributed by atoms with van der Waals surface area (Å²) in [6.45, 7) is 4.24. The van der Waals surface area contributed by atoms with Gasteiger partial charge in [0.25, 0.3) is 0 Å². The zero-order valence-electron chi connectivity index (χ0n) is 12.0. The number of halogens is 1. The molecule has 1 N–H and O–H groups in total. The lowest BCUT2D eigenvalue weighted by atomic mass is 9.88. The molecule has 0 aromatic heterocycles. The average Bonchev–Trinajstić information content (AvgIpc) is 2.69. The Labute approximate surface area is 126 Å². The Kier molecular flexibility index (Phi) is 4.77. The van der Waals surface area contributed by atoms with Crippen molar-refractivity contribution in [1.82, 2.24) is 4.72 Å². The van der Waals surface area contributed by atoms with Gasteiger partial charge in [-0.25, -0.2) is 13.1 Å². The molecular weight excluding hydrogens is 294 g/mol. The molecule has 1 atom stereocenters. The second-order valence-corrected chi connectivity index (χ2v) is 8.23. The molecule has 3 nitrogen and oxygen atoms in total. The third kappa shape index (κ3) is 3.54. The van der Waals surface area contributed by atoms with E-state index in [1.54, 1.807) is 12.1 Å². The molecule has 2 rings (SSSR count). The molecule has 0 amide bonds. The van der Waals surface area contributed by atoms with Gasteiger partial charge in [-0.05, 0) is 42.4 Å². The van der Waals surface area contributed by atoms with Crippen molar-refractivity contribution in [3.63, 3.8) is 0 Å². The van der Waals surface area contributed by atoms with Crippen LogP contribution >= 0.6 is 11.6 Å². The van der Waals surface area contributed by atoms with E-state index in [0.29, 0.717) is 10.8 Å². The summed E-state index contributed by atoms with van der Waals surface area (Å²) in [5.74, 6) is 0.542. The summed E-state index contributed by atoms with van der Waals surface area (Å²) in [6.07, 6.45) is 3.81. The van der Waals surface area contributed by atoms with E-state index < -0.39 is 10.0 Å². The molecule has 1 aliphatic rings. The van der Waals surface area contributed by atoms with Crippen molar-refractivity contribution in [2.75, 3.05) is 5.88 Å². The molecule has 1 unspecified atom stereocenters. The first-order valence-electron chi connectivity index (χ1n) is 7.02. The van der Waals surface area contributed by atoms with Crippen LogP contribution in [0.4, 0.5) is 0 Å². The third-order valence-corrected chi connectivity index (χ3v) is 5.85. The maximum absolute atomic E-state index is 12.4. The molecule has 5 heteroatoms. The van der Waals surface area contributed by atoms with E-state index in [1.807, 2.05) is 12.1 Å². The van der Waals surface area contributed by atoms with Gasteiger partial charge in [-0.2, -0.15) is 0 Å². The number of hydrogen-bond donors (Lipinski definition) is 1. The van der Waals surface area contributed by atoms with Gasteiger partial charge in [0.15, 0.2) is 0 Å². The topological polar surface area (TPSA) is 46.2 Å². The minimum Gasteiger partial charge on any atom is -0.208 e. The lowest BCUT2D eigenvalue weighted by Gasteiger charge is -2.27. The van der Waals surface area contributed by atoms with Crippen molar-refractivity contribution in [3.05, 3.63) is 29.8 Å². The molecule has 1 fully saturated rings. The molecule has 0 spiro atoms. The molecular formula is C15H22ClNO2S. The molecule has 112 valence electrons. The lowest BCUT2D eigenvalue weighted by molar-refractivity contribution is 0.313. The Morgan fingerprint density at radius 2 is 1.95 bits per heavy atom. The minimum atomic E-state index is -3.43. The van der Waals surface area contributed by atoms with Crippen LogP contribution in [-0.4, -0.2) is 20.3 Å². The van der Waals surface area contributed by atoms with Crippen LogP contribution in [-0.2, 0) is 16.4 Å². The normalized spacial score (nSPS) is 22.1. The number of aryl methyl sites for hydroxylation is 1. The van der Waals surface area contributed by atoms with Gasteiger partial charge >= 0.3 is 0 Å². The molecule has 0 saturated heterocycles. The molecule has 0 heterocycles. The maximum Gasteiger partial charge on any atom is 0.240 e. The lowest BCUT2D eigenvalue weighted by Crippen LogP contribution is -2.41. The average molecular weight is 316 g/mol. The second-order valence-electron chi connectivity index (χ2n) is 6.14. The maximum atomic E-state index is 12.4. The first kappa shape index (κ1) is 15.8. The molecule has 1 aliphatic carbocycles.